The number of fused-ring (bicyclic) bond motifs is 3. The van der Waals surface area contributed by atoms with Crippen molar-refractivity contribution < 1.29 is 14.3 Å². The number of amides is 1. The zero-order chi connectivity index (χ0) is 24.3. The second-order valence-electron chi connectivity index (χ2n) is 9.92. The number of carbonyl (C=O) groups is 1. The van der Waals surface area contributed by atoms with Gasteiger partial charge in [-0.3, -0.25) is 4.90 Å². The quantitative estimate of drug-likeness (QED) is 0.547. The maximum atomic E-state index is 12.9. The molecule has 4 heterocycles. The molecular formula is C27H33N5O3S. The summed E-state index contributed by atoms with van der Waals surface area (Å²) in [7, 11) is 0. The minimum Gasteiger partial charge on any atom is -0.445 e. The molecule has 190 valence electrons. The van der Waals surface area contributed by atoms with Gasteiger partial charge in [-0.05, 0) is 43.2 Å². The van der Waals surface area contributed by atoms with Crippen LogP contribution in [0, 0.1) is 0 Å². The predicted molar refractivity (Wildman–Crippen MR) is 140 cm³/mol. The van der Waals surface area contributed by atoms with Gasteiger partial charge in [0.15, 0.2) is 0 Å². The Kier molecular flexibility index (Phi) is 7.03. The van der Waals surface area contributed by atoms with Crippen LogP contribution in [0.3, 0.4) is 0 Å². The predicted octanol–water partition coefficient (Wildman–Crippen LogP) is 4.44. The highest BCUT2D eigenvalue weighted by atomic mass is 32.1. The monoisotopic (exact) mass is 507 g/mol. The van der Waals surface area contributed by atoms with E-state index in [-0.39, 0.29) is 12.7 Å². The number of benzene rings is 1. The molecule has 1 aliphatic carbocycles. The maximum Gasteiger partial charge on any atom is 0.410 e. The molecule has 0 spiro atoms. The maximum absolute atomic E-state index is 12.9. The van der Waals surface area contributed by atoms with Gasteiger partial charge in [-0.15, -0.1) is 11.3 Å². The standard InChI is InChI=1S/C27H33N5O3S/c33-27(35-17-19-4-2-1-3-5-19)32-11-10-23-22(16-32)24-25(28-18-29-26(24)36-23)30-20-6-8-21(9-7-20)31-12-14-34-15-13-31/h1-5,18,20-21H,6-17H2,(H,28,29,30)/t20-,21-. The highest BCUT2D eigenvalue weighted by molar-refractivity contribution is 7.19. The molecular weight excluding hydrogens is 474 g/mol. The van der Waals surface area contributed by atoms with Gasteiger partial charge in [0.2, 0.25) is 0 Å². The Hall–Kier alpha value is -2.75. The fourth-order valence-corrected chi connectivity index (χ4v) is 6.85. The van der Waals surface area contributed by atoms with Gasteiger partial charge in [0.05, 0.1) is 25.1 Å². The summed E-state index contributed by atoms with van der Waals surface area (Å²) < 4.78 is 11.1. The second-order valence-corrected chi connectivity index (χ2v) is 11.0. The van der Waals surface area contributed by atoms with E-state index >= 15 is 0 Å². The van der Waals surface area contributed by atoms with E-state index in [0.717, 1.165) is 67.2 Å². The van der Waals surface area contributed by atoms with Gasteiger partial charge in [-0.2, -0.15) is 0 Å². The molecule has 1 aromatic carbocycles. The van der Waals surface area contributed by atoms with Crippen LogP contribution in [0.4, 0.5) is 10.6 Å². The first-order valence-corrected chi connectivity index (χ1v) is 13.9. The van der Waals surface area contributed by atoms with Crippen molar-refractivity contribution in [2.24, 2.45) is 0 Å². The molecule has 8 nitrogen and oxygen atoms in total. The highest BCUT2D eigenvalue weighted by Crippen LogP contribution is 2.38. The molecule has 3 aromatic rings. The third-order valence-electron chi connectivity index (χ3n) is 7.69. The first kappa shape index (κ1) is 23.6. The zero-order valence-corrected chi connectivity index (χ0v) is 21.3. The van der Waals surface area contributed by atoms with Gasteiger partial charge in [-0.1, -0.05) is 30.3 Å². The van der Waals surface area contributed by atoms with E-state index in [4.69, 9.17) is 9.47 Å². The molecule has 2 aliphatic heterocycles. The van der Waals surface area contributed by atoms with Crippen LogP contribution in [0.1, 0.15) is 41.7 Å². The van der Waals surface area contributed by atoms with E-state index in [0.29, 0.717) is 25.2 Å². The van der Waals surface area contributed by atoms with Crippen LogP contribution in [0.5, 0.6) is 0 Å². The Bertz CT molecular complexity index is 1190. The summed E-state index contributed by atoms with van der Waals surface area (Å²) in [5.41, 5.74) is 2.16. The Morgan fingerprint density at radius 2 is 1.89 bits per heavy atom. The lowest BCUT2D eigenvalue weighted by Crippen LogP contribution is -2.46. The number of rotatable bonds is 5. The minimum absolute atomic E-state index is 0.267. The van der Waals surface area contributed by atoms with Crippen LogP contribution in [0.15, 0.2) is 36.7 Å². The molecule has 2 fully saturated rings. The van der Waals surface area contributed by atoms with Crippen LogP contribution in [0.2, 0.25) is 0 Å². The number of hydrogen-bond acceptors (Lipinski definition) is 8. The molecule has 0 radical (unpaired) electrons. The lowest BCUT2D eigenvalue weighted by atomic mass is 9.90. The average molecular weight is 508 g/mol. The summed E-state index contributed by atoms with van der Waals surface area (Å²) in [6, 6.07) is 10.9. The summed E-state index contributed by atoms with van der Waals surface area (Å²) in [4.78, 5) is 28.8. The smallest absolute Gasteiger partial charge is 0.410 e. The molecule has 1 saturated carbocycles. The molecule has 1 amide bonds. The van der Waals surface area contributed by atoms with E-state index in [2.05, 4.69) is 20.2 Å². The average Bonchev–Trinajstić information content (AvgIpc) is 3.32. The number of thiophene rings is 1. The molecule has 0 unspecified atom stereocenters. The van der Waals surface area contributed by atoms with Gasteiger partial charge in [-0.25, -0.2) is 14.8 Å². The summed E-state index contributed by atoms with van der Waals surface area (Å²) in [5, 5.41) is 4.83. The van der Waals surface area contributed by atoms with Gasteiger partial charge in [0.25, 0.3) is 0 Å². The Labute approximate surface area is 215 Å². The van der Waals surface area contributed by atoms with Crippen molar-refractivity contribution in [3.8, 4) is 0 Å². The first-order chi connectivity index (χ1) is 17.7. The van der Waals surface area contributed by atoms with Crippen molar-refractivity contribution >= 4 is 33.5 Å². The van der Waals surface area contributed by atoms with Gasteiger partial charge >= 0.3 is 6.09 Å². The summed E-state index contributed by atoms with van der Waals surface area (Å²) in [6.45, 7) is 5.32. The number of carbonyl (C=O) groups excluding carboxylic acids is 1. The number of anilines is 1. The number of ether oxygens (including phenoxy) is 2. The minimum atomic E-state index is -0.267. The third kappa shape index (κ3) is 5.05. The van der Waals surface area contributed by atoms with E-state index in [1.807, 2.05) is 35.2 Å². The SMILES string of the molecule is O=C(OCc1ccccc1)N1CCc2sc3ncnc(N[C@H]4CC[C@H](N5CCOCC5)CC4)c3c2C1. The van der Waals surface area contributed by atoms with Crippen molar-refractivity contribution in [1.82, 2.24) is 19.8 Å². The molecule has 3 aliphatic rings. The van der Waals surface area contributed by atoms with Crippen LogP contribution < -0.4 is 5.32 Å². The van der Waals surface area contributed by atoms with E-state index < -0.39 is 0 Å². The number of nitrogens with zero attached hydrogens (tertiary/aromatic N) is 4. The van der Waals surface area contributed by atoms with Gasteiger partial charge in [0.1, 0.15) is 23.6 Å². The zero-order valence-electron chi connectivity index (χ0n) is 20.5. The molecule has 9 heteroatoms. The number of hydrogen-bond donors (Lipinski definition) is 1. The normalized spacial score (nSPS) is 22.8. The molecule has 2 aromatic heterocycles. The Balaban J connectivity index is 1.13. The number of aromatic nitrogens is 2. The van der Waals surface area contributed by atoms with Crippen molar-refractivity contribution in [3.05, 3.63) is 52.7 Å². The van der Waals surface area contributed by atoms with E-state index in [9.17, 15) is 4.79 Å². The Morgan fingerprint density at radius 3 is 2.69 bits per heavy atom. The fraction of sp³-hybridized carbons (Fsp3) is 0.519. The van der Waals surface area contributed by atoms with Crippen LogP contribution >= 0.6 is 11.3 Å². The lowest BCUT2D eigenvalue weighted by molar-refractivity contribution is 0.00791. The van der Waals surface area contributed by atoms with Crippen molar-refractivity contribution in [2.45, 2.75) is 57.3 Å². The molecule has 1 N–H and O–H groups in total. The van der Waals surface area contributed by atoms with E-state index in [1.165, 1.54) is 23.3 Å². The highest BCUT2D eigenvalue weighted by Gasteiger charge is 2.30. The van der Waals surface area contributed by atoms with E-state index in [1.54, 1.807) is 17.7 Å². The molecule has 1 saturated heterocycles. The summed E-state index contributed by atoms with van der Waals surface area (Å²) in [6.07, 6.45) is 6.90. The summed E-state index contributed by atoms with van der Waals surface area (Å²) in [5.74, 6) is 0.909. The first-order valence-electron chi connectivity index (χ1n) is 13.0. The van der Waals surface area contributed by atoms with Gasteiger partial charge in [0, 0.05) is 36.6 Å². The van der Waals surface area contributed by atoms with Crippen LogP contribution in [0.25, 0.3) is 10.2 Å². The second kappa shape index (κ2) is 10.7. The molecule has 36 heavy (non-hydrogen) atoms. The molecule has 0 bridgehead atoms. The molecule has 6 rings (SSSR count). The topological polar surface area (TPSA) is 79.8 Å². The van der Waals surface area contributed by atoms with Crippen LogP contribution in [-0.4, -0.2) is 70.8 Å². The largest absolute Gasteiger partial charge is 0.445 e. The Morgan fingerprint density at radius 1 is 1.08 bits per heavy atom. The lowest BCUT2D eigenvalue weighted by Gasteiger charge is -2.39. The van der Waals surface area contributed by atoms with Crippen molar-refractivity contribution in [3.63, 3.8) is 0 Å². The summed E-state index contributed by atoms with van der Waals surface area (Å²) >= 11 is 1.73. The number of nitrogens with one attached hydrogen (secondary N) is 1. The molecule has 0 atom stereocenters. The van der Waals surface area contributed by atoms with Crippen molar-refractivity contribution in [1.29, 1.82) is 0 Å². The third-order valence-corrected chi connectivity index (χ3v) is 8.89. The fourth-order valence-electron chi connectivity index (χ4n) is 5.71. The van der Waals surface area contributed by atoms with Gasteiger partial charge < -0.3 is 19.7 Å². The van der Waals surface area contributed by atoms with Crippen molar-refractivity contribution in [2.75, 3.05) is 38.2 Å². The number of morpholine rings is 1. The van der Waals surface area contributed by atoms with Crippen LogP contribution in [-0.2, 0) is 29.0 Å².